The molecular formula is C22H48P2Si4. The van der Waals surface area contributed by atoms with Crippen molar-refractivity contribution in [3.8, 4) is 0 Å². The van der Waals surface area contributed by atoms with Crippen LogP contribution in [0.3, 0.4) is 0 Å². The van der Waals surface area contributed by atoms with Crippen molar-refractivity contribution in [2.45, 2.75) is 106 Å². The van der Waals surface area contributed by atoms with Gasteiger partial charge in [0.1, 0.15) is 0 Å². The van der Waals surface area contributed by atoms with E-state index in [1.807, 2.05) is 10.6 Å². The van der Waals surface area contributed by atoms with Gasteiger partial charge >= 0.3 is 0 Å². The minimum atomic E-state index is -1.24. The van der Waals surface area contributed by atoms with Crippen molar-refractivity contribution in [3.63, 3.8) is 0 Å². The van der Waals surface area contributed by atoms with Gasteiger partial charge in [-0.3, -0.25) is 0 Å². The Bertz CT molecular complexity index is 609. The van der Waals surface area contributed by atoms with Gasteiger partial charge in [0, 0.05) is 0 Å². The molecule has 1 rings (SSSR count). The lowest BCUT2D eigenvalue weighted by Gasteiger charge is -2.45. The number of rotatable bonds is 6. The summed E-state index contributed by atoms with van der Waals surface area (Å²) in [4.78, 5) is 0. The highest BCUT2D eigenvalue weighted by molar-refractivity contribution is 8.23. The van der Waals surface area contributed by atoms with Gasteiger partial charge in [0.15, 0.2) is 0 Å². The molecule has 0 unspecified atom stereocenters. The molecule has 0 amide bonds. The van der Waals surface area contributed by atoms with E-state index in [4.69, 9.17) is 0 Å². The maximum Gasteiger partial charge on any atom is 0.0730 e. The smallest absolute Gasteiger partial charge is 0.0730 e. The van der Waals surface area contributed by atoms with E-state index >= 15 is 0 Å². The first-order valence-electron chi connectivity index (χ1n) is 10.8. The fourth-order valence-corrected chi connectivity index (χ4v) is 74.4. The molecule has 28 heavy (non-hydrogen) atoms. The summed E-state index contributed by atoms with van der Waals surface area (Å²) in [7, 11) is -4.95. The van der Waals surface area contributed by atoms with Crippen LogP contribution < -0.4 is 10.6 Å². The van der Waals surface area contributed by atoms with Crippen molar-refractivity contribution in [2.24, 2.45) is 0 Å². The first-order valence-corrected chi connectivity index (χ1v) is 30.9. The Morgan fingerprint density at radius 2 is 0.500 bits per heavy atom. The summed E-state index contributed by atoms with van der Waals surface area (Å²) in [5.74, 6) is 0. The lowest BCUT2D eigenvalue weighted by atomic mass is 10.0. The normalized spacial score (nSPS) is 14.4. The van der Waals surface area contributed by atoms with Crippen LogP contribution in [0.15, 0.2) is 0 Å². The molecule has 0 saturated carbocycles. The van der Waals surface area contributed by atoms with Gasteiger partial charge in [-0.15, -0.1) is 0 Å². The molecule has 0 nitrogen and oxygen atoms in total. The Kier molecular flexibility index (Phi) is 8.16. The summed E-state index contributed by atoms with van der Waals surface area (Å²) < 4.78 is 0. The van der Waals surface area contributed by atoms with Crippen molar-refractivity contribution in [1.29, 1.82) is 0 Å². The second-order valence-electron chi connectivity index (χ2n) is 12.6. The predicted molar refractivity (Wildman–Crippen MR) is 152 cm³/mol. The van der Waals surface area contributed by atoms with E-state index in [0.717, 1.165) is 0 Å². The standard InChI is InChI=1S/C22H48P2Si4/c1-17-18(2)22(24(27(11,12)13)28(14,15)16)20(4)19(3)21(17)23(25(5,6)7)26(8,9)10/h1-16H3. The molecule has 1 aromatic carbocycles. The average molecular weight is 487 g/mol. The molecule has 0 bridgehead atoms. The lowest BCUT2D eigenvalue weighted by molar-refractivity contribution is 1.30. The second-order valence-corrected chi connectivity index (χ2v) is 56.3. The molecule has 0 fully saturated rings. The van der Waals surface area contributed by atoms with E-state index in [2.05, 4.69) is 106 Å². The monoisotopic (exact) mass is 486 g/mol. The van der Waals surface area contributed by atoms with Crippen LogP contribution in [0.5, 0.6) is 0 Å². The molecule has 0 spiro atoms. The molecule has 6 heteroatoms. The Labute approximate surface area is 183 Å². The first kappa shape index (κ1) is 27.0. The Morgan fingerprint density at radius 1 is 0.357 bits per heavy atom. The van der Waals surface area contributed by atoms with Gasteiger partial charge in [0.25, 0.3) is 0 Å². The minimum Gasteiger partial charge on any atom is -0.0991 e. The van der Waals surface area contributed by atoms with Crippen LogP contribution in [-0.4, -0.2) is 31.0 Å². The molecule has 0 aliphatic carbocycles. The second kappa shape index (κ2) is 8.47. The fourth-order valence-electron chi connectivity index (χ4n) is 5.30. The number of hydrogen-bond acceptors (Lipinski definition) is 0. The summed E-state index contributed by atoms with van der Waals surface area (Å²) >= 11 is 0. The molecule has 0 aliphatic rings. The van der Waals surface area contributed by atoms with E-state index in [0.29, 0.717) is 0 Å². The van der Waals surface area contributed by atoms with Gasteiger partial charge in [-0.25, -0.2) is 0 Å². The molecule has 0 radical (unpaired) electrons. The van der Waals surface area contributed by atoms with E-state index in [1.54, 1.807) is 22.3 Å². The van der Waals surface area contributed by atoms with Gasteiger partial charge in [-0.2, -0.15) is 0 Å². The SMILES string of the molecule is Cc1c(C)c(P([Si](C)(C)C)[Si](C)(C)C)c(C)c(C)c1P([Si](C)(C)C)[Si](C)(C)C. The van der Waals surface area contributed by atoms with Crippen LogP contribution in [0.4, 0.5) is 0 Å². The molecule has 162 valence electrons. The van der Waals surface area contributed by atoms with Crippen LogP contribution in [0.1, 0.15) is 22.3 Å². The van der Waals surface area contributed by atoms with Crippen molar-refractivity contribution < 1.29 is 0 Å². The molecule has 0 N–H and O–H groups in total. The first-order chi connectivity index (χ1) is 12.1. The Hall–Kier alpha value is 0.948. The molecule has 0 heterocycles. The zero-order chi connectivity index (χ0) is 22.6. The molecular weight excluding hydrogens is 439 g/mol. The average Bonchev–Trinajstić information content (AvgIpc) is 2.40. The topological polar surface area (TPSA) is 0 Å². The van der Waals surface area contributed by atoms with Crippen LogP contribution in [0.25, 0.3) is 0 Å². The summed E-state index contributed by atoms with van der Waals surface area (Å²) in [6, 6.07) is 0. The van der Waals surface area contributed by atoms with E-state index < -0.39 is 31.0 Å². The number of benzene rings is 1. The Morgan fingerprint density at radius 3 is 0.607 bits per heavy atom. The zero-order valence-corrected chi connectivity index (χ0v) is 27.7. The van der Waals surface area contributed by atoms with Gasteiger partial charge in [0.2, 0.25) is 0 Å². The van der Waals surface area contributed by atoms with E-state index in [1.165, 1.54) is 0 Å². The zero-order valence-electron chi connectivity index (χ0n) is 21.9. The summed E-state index contributed by atoms with van der Waals surface area (Å²) in [5.41, 5.74) is 6.72. The molecule has 0 saturated heterocycles. The summed E-state index contributed by atoms with van der Waals surface area (Å²) in [6.45, 7) is 41.5. The maximum atomic E-state index is 2.63. The number of hydrogen-bond donors (Lipinski definition) is 0. The minimum absolute atomic E-state index is 0.00787. The lowest BCUT2D eigenvalue weighted by Crippen LogP contribution is -2.43. The highest BCUT2D eigenvalue weighted by Gasteiger charge is 2.43. The van der Waals surface area contributed by atoms with Crippen LogP contribution in [-0.2, 0) is 0 Å². The molecule has 1 aromatic rings. The van der Waals surface area contributed by atoms with Gasteiger partial charge < -0.3 is 0 Å². The Balaban J connectivity index is 4.01. The van der Waals surface area contributed by atoms with Gasteiger partial charge in [-0.05, 0) is 60.6 Å². The predicted octanol–water partition coefficient (Wildman–Crippen LogP) is 8.47. The third kappa shape index (κ3) is 5.59. The highest BCUT2D eigenvalue weighted by Crippen LogP contribution is 2.58. The quantitative estimate of drug-likeness (QED) is 0.279. The molecule has 0 aliphatic heterocycles. The van der Waals surface area contributed by atoms with Crippen molar-refractivity contribution >= 4 is 55.6 Å². The largest absolute Gasteiger partial charge is 0.0991 e. The van der Waals surface area contributed by atoms with Crippen LogP contribution >= 0.6 is 14.0 Å². The molecule has 0 aromatic heterocycles. The van der Waals surface area contributed by atoms with Crippen molar-refractivity contribution in [1.82, 2.24) is 0 Å². The summed E-state index contributed by atoms with van der Waals surface area (Å²) in [6.07, 6.45) is 0. The van der Waals surface area contributed by atoms with Crippen LogP contribution in [0, 0.1) is 27.7 Å². The third-order valence-electron chi connectivity index (χ3n) is 5.68. The summed E-state index contributed by atoms with van der Waals surface area (Å²) in [5, 5.41) is 3.65. The van der Waals surface area contributed by atoms with E-state index in [-0.39, 0.29) is 14.0 Å². The maximum absolute atomic E-state index is 2.63. The van der Waals surface area contributed by atoms with Crippen LogP contribution in [0.2, 0.25) is 78.6 Å². The fraction of sp³-hybridized carbons (Fsp3) is 0.727. The third-order valence-corrected chi connectivity index (χ3v) is 56.2. The highest BCUT2D eigenvalue weighted by atomic mass is 31.6. The van der Waals surface area contributed by atoms with E-state index in [9.17, 15) is 0 Å². The van der Waals surface area contributed by atoms with Crippen molar-refractivity contribution in [2.75, 3.05) is 0 Å². The molecule has 0 atom stereocenters. The van der Waals surface area contributed by atoms with Gasteiger partial charge in [-0.1, -0.05) is 92.6 Å². The van der Waals surface area contributed by atoms with Crippen molar-refractivity contribution in [3.05, 3.63) is 22.3 Å². The van der Waals surface area contributed by atoms with Gasteiger partial charge in [0.05, 0.1) is 31.0 Å².